The molecule has 1 heteroatoms. The Labute approximate surface area is 93.2 Å². The fourth-order valence-electron chi connectivity index (χ4n) is 1.52. The summed E-state index contributed by atoms with van der Waals surface area (Å²) in [5, 5.41) is 0. The predicted octanol–water partition coefficient (Wildman–Crippen LogP) is 4.80. The molecule has 0 saturated heterocycles. The van der Waals surface area contributed by atoms with Crippen LogP contribution in [0.25, 0.3) is 0 Å². The monoisotopic (exact) mass is 210 g/mol. The van der Waals surface area contributed by atoms with Gasteiger partial charge in [-0.25, -0.2) is 0 Å². The van der Waals surface area contributed by atoms with Crippen molar-refractivity contribution in [2.24, 2.45) is 5.92 Å². The molecule has 0 saturated carbocycles. The van der Waals surface area contributed by atoms with Gasteiger partial charge in [0.2, 0.25) is 0 Å². The number of hydrogen-bond donors (Lipinski definition) is 0. The Morgan fingerprint density at radius 1 is 1.29 bits per heavy atom. The van der Waals surface area contributed by atoms with Gasteiger partial charge < -0.3 is 0 Å². The van der Waals surface area contributed by atoms with Gasteiger partial charge in [-0.15, -0.1) is 11.8 Å². The number of hydrogen-bond acceptors (Lipinski definition) is 1. The van der Waals surface area contributed by atoms with Gasteiger partial charge >= 0.3 is 0 Å². The SMILES string of the molecule is C=C(C)/C(C)=C(\C(=C/C)SC)C(C)C. The molecule has 0 aromatic heterocycles. The Morgan fingerprint density at radius 2 is 1.79 bits per heavy atom. The standard InChI is InChI=1S/C13H22S/c1-8-12(14-7)13(10(4)5)11(6)9(2)3/h8,10H,2H2,1,3-7H3/b12-8+,13-11-. The third kappa shape index (κ3) is 3.38. The Bertz CT molecular complexity index is 267. The van der Waals surface area contributed by atoms with Crippen LogP contribution in [0.4, 0.5) is 0 Å². The van der Waals surface area contributed by atoms with Gasteiger partial charge in [-0.05, 0) is 44.1 Å². The Kier molecular flexibility index (Phi) is 5.94. The normalized spacial score (nSPS) is 14.4. The molecule has 0 heterocycles. The van der Waals surface area contributed by atoms with Gasteiger partial charge in [0, 0.05) is 4.91 Å². The van der Waals surface area contributed by atoms with Gasteiger partial charge in [0.25, 0.3) is 0 Å². The average Bonchev–Trinajstić information content (AvgIpc) is 2.12. The van der Waals surface area contributed by atoms with Crippen LogP contribution in [0.15, 0.2) is 34.3 Å². The van der Waals surface area contributed by atoms with E-state index in [-0.39, 0.29) is 0 Å². The van der Waals surface area contributed by atoms with Crippen molar-refractivity contribution in [3.05, 3.63) is 34.3 Å². The first kappa shape index (κ1) is 13.6. The second-order valence-electron chi connectivity index (χ2n) is 3.83. The summed E-state index contributed by atoms with van der Waals surface area (Å²) in [5.41, 5.74) is 3.94. The van der Waals surface area contributed by atoms with Crippen molar-refractivity contribution in [2.75, 3.05) is 6.26 Å². The quantitative estimate of drug-likeness (QED) is 0.600. The molecule has 0 radical (unpaired) electrons. The largest absolute Gasteiger partial charge is 0.130 e. The van der Waals surface area contributed by atoms with Gasteiger partial charge in [-0.2, -0.15) is 0 Å². The van der Waals surface area contributed by atoms with Crippen molar-refractivity contribution >= 4 is 11.8 Å². The third-order valence-electron chi connectivity index (χ3n) is 2.37. The minimum Gasteiger partial charge on any atom is -0.130 e. The minimum atomic E-state index is 0.561. The van der Waals surface area contributed by atoms with Crippen LogP contribution in [-0.2, 0) is 0 Å². The molecule has 0 nitrogen and oxygen atoms in total. The zero-order valence-electron chi connectivity index (χ0n) is 10.3. The zero-order chi connectivity index (χ0) is 11.3. The van der Waals surface area contributed by atoms with E-state index in [1.807, 2.05) is 11.8 Å². The lowest BCUT2D eigenvalue weighted by Gasteiger charge is -2.18. The number of rotatable bonds is 4. The molecule has 0 aromatic carbocycles. The molecule has 0 fully saturated rings. The minimum absolute atomic E-state index is 0.561. The summed E-state index contributed by atoms with van der Waals surface area (Å²) in [5.74, 6) is 0.561. The molecule has 0 spiro atoms. The molecule has 14 heavy (non-hydrogen) atoms. The molecular formula is C13H22S. The maximum atomic E-state index is 4.01. The molecule has 0 aliphatic carbocycles. The molecule has 0 N–H and O–H groups in total. The summed E-state index contributed by atoms with van der Waals surface area (Å²) in [6.07, 6.45) is 4.32. The summed E-state index contributed by atoms with van der Waals surface area (Å²) >= 11 is 1.81. The molecule has 0 aliphatic rings. The third-order valence-corrected chi connectivity index (χ3v) is 3.26. The van der Waals surface area contributed by atoms with Gasteiger partial charge in [-0.1, -0.05) is 32.1 Å². The zero-order valence-corrected chi connectivity index (χ0v) is 11.1. The number of thioether (sulfide) groups is 1. The van der Waals surface area contributed by atoms with E-state index < -0.39 is 0 Å². The summed E-state index contributed by atoms with van der Waals surface area (Å²) in [4.78, 5) is 1.38. The lowest BCUT2D eigenvalue weighted by atomic mass is 9.94. The maximum Gasteiger partial charge on any atom is 0.00638 e. The Balaban J connectivity index is 5.35. The van der Waals surface area contributed by atoms with Crippen molar-refractivity contribution in [1.82, 2.24) is 0 Å². The van der Waals surface area contributed by atoms with E-state index >= 15 is 0 Å². The highest BCUT2D eigenvalue weighted by molar-refractivity contribution is 8.02. The van der Waals surface area contributed by atoms with E-state index in [0.29, 0.717) is 5.92 Å². The lowest BCUT2D eigenvalue weighted by Crippen LogP contribution is -2.00. The maximum absolute atomic E-state index is 4.01. The van der Waals surface area contributed by atoms with Crippen LogP contribution in [0.1, 0.15) is 34.6 Å². The Morgan fingerprint density at radius 3 is 2.00 bits per heavy atom. The van der Waals surface area contributed by atoms with Gasteiger partial charge in [0.05, 0.1) is 0 Å². The summed E-state index contributed by atoms with van der Waals surface area (Å²) in [6.45, 7) is 14.8. The topological polar surface area (TPSA) is 0 Å². The van der Waals surface area contributed by atoms with Gasteiger partial charge in [-0.3, -0.25) is 0 Å². The predicted molar refractivity (Wildman–Crippen MR) is 69.6 cm³/mol. The molecule has 0 aliphatic heterocycles. The van der Waals surface area contributed by atoms with E-state index in [0.717, 1.165) is 0 Å². The first-order valence-corrected chi connectivity index (χ1v) is 6.25. The first-order chi connectivity index (χ1) is 6.45. The van der Waals surface area contributed by atoms with E-state index in [1.165, 1.54) is 21.6 Å². The first-order valence-electron chi connectivity index (χ1n) is 5.03. The van der Waals surface area contributed by atoms with Crippen molar-refractivity contribution < 1.29 is 0 Å². The Hall–Kier alpha value is -0.430. The van der Waals surface area contributed by atoms with Gasteiger partial charge in [0.1, 0.15) is 0 Å². The van der Waals surface area contributed by atoms with Crippen molar-refractivity contribution in [1.29, 1.82) is 0 Å². The second kappa shape index (κ2) is 6.13. The number of allylic oxidation sites excluding steroid dienone is 4. The molecule has 0 atom stereocenters. The smallest absolute Gasteiger partial charge is 0.00638 e. The highest BCUT2D eigenvalue weighted by Crippen LogP contribution is 2.32. The van der Waals surface area contributed by atoms with Crippen LogP contribution in [0.3, 0.4) is 0 Å². The molecule has 80 valence electrons. The van der Waals surface area contributed by atoms with Crippen molar-refractivity contribution in [3.63, 3.8) is 0 Å². The van der Waals surface area contributed by atoms with Crippen LogP contribution in [0.5, 0.6) is 0 Å². The lowest BCUT2D eigenvalue weighted by molar-refractivity contribution is 0.777. The molecule has 0 amide bonds. The molecule has 0 unspecified atom stereocenters. The highest BCUT2D eigenvalue weighted by Gasteiger charge is 2.11. The highest BCUT2D eigenvalue weighted by atomic mass is 32.2. The van der Waals surface area contributed by atoms with Crippen LogP contribution < -0.4 is 0 Å². The molecule has 0 bridgehead atoms. The van der Waals surface area contributed by atoms with E-state index in [2.05, 4.69) is 53.5 Å². The summed E-state index contributed by atoms with van der Waals surface area (Å²) in [7, 11) is 0. The average molecular weight is 210 g/mol. The van der Waals surface area contributed by atoms with E-state index in [4.69, 9.17) is 0 Å². The fourth-order valence-corrected chi connectivity index (χ4v) is 2.36. The summed E-state index contributed by atoms with van der Waals surface area (Å²) in [6, 6.07) is 0. The van der Waals surface area contributed by atoms with Crippen LogP contribution in [0.2, 0.25) is 0 Å². The molecule has 0 rings (SSSR count). The van der Waals surface area contributed by atoms with Gasteiger partial charge in [0.15, 0.2) is 0 Å². The fraction of sp³-hybridized carbons (Fsp3) is 0.538. The van der Waals surface area contributed by atoms with E-state index in [1.54, 1.807) is 0 Å². The van der Waals surface area contributed by atoms with Crippen LogP contribution in [0, 0.1) is 5.92 Å². The van der Waals surface area contributed by atoms with E-state index in [9.17, 15) is 0 Å². The summed E-state index contributed by atoms with van der Waals surface area (Å²) < 4.78 is 0. The van der Waals surface area contributed by atoms with Crippen LogP contribution in [-0.4, -0.2) is 6.26 Å². The second-order valence-corrected chi connectivity index (χ2v) is 4.68. The van der Waals surface area contributed by atoms with Crippen LogP contribution >= 0.6 is 11.8 Å². The molecular weight excluding hydrogens is 188 g/mol. The molecule has 0 aromatic rings. The van der Waals surface area contributed by atoms with Crippen molar-refractivity contribution in [3.8, 4) is 0 Å². The van der Waals surface area contributed by atoms with Crippen molar-refractivity contribution in [2.45, 2.75) is 34.6 Å².